The van der Waals surface area contributed by atoms with Crippen LogP contribution >= 0.6 is 11.6 Å². The first kappa shape index (κ1) is 14.5. The number of halogens is 1. The number of amides is 1. The Hall–Kier alpha value is -2.41. The van der Waals surface area contributed by atoms with Gasteiger partial charge in [0.25, 0.3) is 0 Å². The van der Waals surface area contributed by atoms with Crippen LogP contribution in [0.2, 0.25) is 5.02 Å². The van der Waals surface area contributed by atoms with Gasteiger partial charge in [-0.05, 0) is 24.3 Å². The number of aromatic nitrogens is 3. The van der Waals surface area contributed by atoms with Crippen molar-refractivity contribution >= 4 is 35.5 Å². The van der Waals surface area contributed by atoms with Crippen molar-refractivity contribution in [3.63, 3.8) is 0 Å². The second-order valence-electron chi connectivity index (χ2n) is 4.90. The lowest BCUT2D eigenvalue weighted by Crippen LogP contribution is -2.46. The monoisotopic (exact) mass is 318 g/mol. The zero-order valence-corrected chi connectivity index (χ0v) is 12.6. The van der Waals surface area contributed by atoms with Gasteiger partial charge < -0.3 is 15.1 Å². The van der Waals surface area contributed by atoms with E-state index in [1.807, 2.05) is 17.0 Å². The van der Waals surface area contributed by atoms with Crippen molar-refractivity contribution in [2.45, 2.75) is 0 Å². The molecule has 0 bridgehead atoms. The molecule has 114 valence electrons. The fraction of sp³-hybridized carbons (Fsp3) is 0.286. The molecule has 0 atom stereocenters. The highest BCUT2D eigenvalue weighted by Crippen LogP contribution is 2.18. The lowest BCUT2D eigenvalue weighted by Gasteiger charge is -2.32. The summed E-state index contributed by atoms with van der Waals surface area (Å²) in [6.45, 7) is 2.74. The third kappa shape index (κ3) is 3.43. The van der Waals surface area contributed by atoms with Crippen LogP contribution in [0.3, 0.4) is 0 Å². The molecule has 0 spiro atoms. The number of hydrogen-bond acceptors (Lipinski definition) is 6. The number of benzene rings is 1. The van der Waals surface area contributed by atoms with E-state index in [1.54, 1.807) is 23.2 Å². The van der Waals surface area contributed by atoms with Gasteiger partial charge in [-0.1, -0.05) is 11.6 Å². The summed E-state index contributed by atoms with van der Waals surface area (Å²) in [4.78, 5) is 18.9. The van der Waals surface area contributed by atoms with Crippen LogP contribution in [0.1, 0.15) is 0 Å². The normalized spacial score (nSPS) is 14.8. The smallest absolute Gasteiger partial charge is 0.247 e. The van der Waals surface area contributed by atoms with Gasteiger partial charge >= 0.3 is 0 Å². The second-order valence-corrected chi connectivity index (χ2v) is 5.34. The van der Waals surface area contributed by atoms with Crippen LogP contribution in [0.15, 0.2) is 30.5 Å². The molecular formula is C14H15ClN6O. The molecule has 2 aromatic rings. The van der Waals surface area contributed by atoms with Crippen LogP contribution in [-0.4, -0.2) is 52.7 Å². The molecule has 1 aliphatic heterocycles. The summed E-state index contributed by atoms with van der Waals surface area (Å²) in [5.41, 5.74) is 0.877. The minimum absolute atomic E-state index is 0.560. The molecule has 1 aromatic carbocycles. The lowest BCUT2D eigenvalue weighted by atomic mass is 10.3. The maximum absolute atomic E-state index is 10.7. The van der Waals surface area contributed by atoms with E-state index in [2.05, 4.69) is 20.5 Å². The van der Waals surface area contributed by atoms with Gasteiger partial charge in [-0.2, -0.15) is 10.1 Å². The topological polar surface area (TPSA) is 74.2 Å². The molecule has 1 aromatic heterocycles. The molecule has 3 rings (SSSR count). The molecule has 1 amide bonds. The quantitative estimate of drug-likeness (QED) is 0.862. The van der Waals surface area contributed by atoms with Gasteiger partial charge in [0, 0.05) is 36.9 Å². The van der Waals surface area contributed by atoms with Gasteiger partial charge in [-0.15, -0.1) is 5.10 Å². The molecule has 1 fully saturated rings. The maximum Gasteiger partial charge on any atom is 0.247 e. The number of anilines is 3. The first-order chi connectivity index (χ1) is 10.7. The van der Waals surface area contributed by atoms with Crippen molar-refractivity contribution in [2.24, 2.45) is 0 Å². The van der Waals surface area contributed by atoms with Gasteiger partial charge in [0.1, 0.15) is 0 Å². The Balaban J connectivity index is 1.70. The predicted molar refractivity (Wildman–Crippen MR) is 84.4 cm³/mol. The Morgan fingerprint density at radius 3 is 2.55 bits per heavy atom. The average Bonchev–Trinajstić information content (AvgIpc) is 2.57. The number of piperazine rings is 1. The van der Waals surface area contributed by atoms with Crippen LogP contribution in [0.4, 0.5) is 17.5 Å². The van der Waals surface area contributed by atoms with Crippen LogP contribution in [-0.2, 0) is 4.79 Å². The van der Waals surface area contributed by atoms with E-state index in [9.17, 15) is 4.79 Å². The summed E-state index contributed by atoms with van der Waals surface area (Å²) in [6, 6.07) is 7.34. The second kappa shape index (κ2) is 6.57. The molecule has 8 heteroatoms. The highest BCUT2D eigenvalue weighted by molar-refractivity contribution is 6.30. The summed E-state index contributed by atoms with van der Waals surface area (Å²) < 4.78 is 0. The van der Waals surface area contributed by atoms with E-state index in [4.69, 9.17) is 11.6 Å². The summed E-state index contributed by atoms with van der Waals surface area (Å²) in [5, 5.41) is 11.9. The van der Waals surface area contributed by atoms with Crippen LogP contribution in [0.5, 0.6) is 0 Å². The minimum atomic E-state index is 0.560. The largest absolute Gasteiger partial charge is 0.342 e. The van der Waals surface area contributed by atoms with Crippen molar-refractivity contribution in [1.29, 1.82) is 0 Å². The first-order valence-electron chi connectivity index (χ1n) is 6.91. The molecule has 0 saturated carbocycles. The third-order valence-electron chi connectivity index (χ3n) is 3.41. The van der Waals surface area contributed by atoms with Gasteiger partial charge in [0.2, 0.25) is 12.4 Å². The van der Waals surface area contributed by atoms with E-state index in [-0.39, 0.29) is 0 Å². The minimum Gasteiger partial charge on any atom is -0.342 e. The number of hydrogen-bond donors (Lipinski definition) is 1. The van der Waals surface area contributed by atoms with Crippen molar-refractivity contribution in [2.75, 3.05) is 36.4 Å². The average molecular weight is 319 g/mol. The number of rotatable bonds is 4. The van der Waals surface area contributed by atoms with Gasteiger partial charge in [-0.3, -0.25) is 4.79 Å². The molecule has 1 aliphatic rings. The number of carbonyl (C=O) groups excluding carboxylic acids is 1. The Bertz CT molecular complexity index is 642. The molecule has 1 saturated heterocycles. The Morgan fingerprint density at radius 1 is 1.14 bits per heavy atom. The molecule has 7 nitrogen and oxygen atoms in total. The Morgan fingerprint density at radius 2 is 1.86 bits per heavy atom. The maximum atomic E-state index is 10.7. The number of nitrogens with zero attached hydrogens (tertiary/aromatic N) is 5. The van der Waals surface area contributed by atoms with Gasteiger partial charge in [0.05, 0.1) is 6.20 Å². The van der Waals surface area contributed by atoms with Gasteiger partial charge in [-0.25, -0.2) is 0 Å². The van der Waals surface area contributed by atoms with E-state index in [1.165, 1.54) is 0 Å². The van der Waals surface area contributed by atoms with Crippen LogP contribution in [0, 0.1) is 0 Å². The molecule has 1 N–H and O–H groups in total. The highest BCUT2D eigenvalue weighted by Gasteiger charge is 2.18. The summed E-state index contributed by atoms with van der Waals surface area (Å²) in [5.74, 6) is 1.18. The molecular weight excluding hydrogens is 304 g/mol. The number of nitrogens with one attached hydrogen (secondary N) is 1. The molecule has 2 heterocycles. The molecule has 0 unspecified atom stereocenters. The Kier molecular flexibility index (Phi) is 4.34. The van der Waals surface area contributed by atoms with Gasteiger partial charge in [0.15, 0.2) is 5.82 Å². The first-order valence-corrected chi connectivity index (χ1v) is 7.29. The van der Waals surface area contributed by atoms with Crippen LogP contribution in [0.25, 0.3) is 0 Å². The van der Waals surface area contributed by atoms with E-state index in [0.29, 0.717) is 43.0 Å². The zero-order valence-electron chi connectivity index (χ0n) is 11.8. The third-order valence-corrected chi connectivity index (χ3v) is 3.66. The number of carbonyl (C=O) groups is 1. The summed E-state index contributed by atoms with van der Waals surface area (Å²) in [7, 11) is 0. The van der Waals surface area contributed by atoms with E-state index >= 15 is 0 Å². The summed E-state index contributed by atoms with van der Waals surface area (Å²) >= 11 is 5.86. The fourth-order valence-corrected chi connectivity index (χ4v) is 2.32. The van der Waals surface area contributed by atoms with Crippen molar-refractivity contribution < 1.29 is 4.79 Å². The lowest BCUT2D eigenvalue weighted by molar-refractivity contribution is -0.118. The summed E-state index contributed by atoms with van der Waals surface area (Å²) in [6.07, 6.45) is 2.44. The van der Waals surface area contributed by atoms with E-state index < -0.39 is 0 Å². The van der Waals surface area contributed by atoms with Crippen molar-refractivity contribution in [1.82, 2.24) is 20.1 Å². The predicted octanol–water partition coefficient (Wildman–Crippen LogP) is 1.55. The van der Waals surface area contributed by atoms with E-state index in [0.717, 1.165) is 12.1 Å². The van der Waals surface area contributed by atoms with Crippen molar-refractivity contribution in [3.05, 3.63) is 35.5 Å². The van der Waals surface area contributed by atoms with Crippen molar-refractivity contribution in [3.8, 4) is 0 Å². The zero-order chi connectivity index (χ0) is 15.4. The molecule has 0 aliphatic carbocycles. The Labute approximate surface area is 132 Å². The molecule has 0 radical (unpaired) electrons. The SMILES string of the molecule is O=CN1CCN(c2nncc(Nc3ccc(Cl)cc3)n2)CC1. The fourth-order valence-electron chi connectivity index (χ4n) is 2.20. The van der Waals surface area contributed by atoms with Crippen LogP contribution < -0.4 is 10.2 Å². The standard InChI is InChI=1S/C14H15ClN6O/c15-11-1-3-12(4-2-11)17-13-9-16-19-14(18-13)21-7-5-20(10-22)6-8-21/h1-4,9-10H,5-8H2,(H,17,18,19). The molecule has 22 heavy (non-hydrogen) atoms. The highest BCUT2D eigenvalue weighted by atomic mass is 35.5.